The second-order valence-electron chi connectivity index (χ2n) is 3.82. The summed E-state index contributed by atoms with van der Waals surface area (Å²) in [5.41, 5.74) is 1.46. The lowest BCUT2D eigenvalue weighted by Crippen LogP contribution is -2.13. The standard InChI is InChI=1S/C11H15NO4/c1-7-4-8(2)11(16-6-9(3)13)5-10(7)12(14)15/h4-5,9,13H,6H2,1-3H3/t9-/m1/s1. The van der Waals surface area contributed by atoms with Crippen LogP contribution in [0.5, 0.6) is 5.75 Å². The Hall–Kier alpha value is -1.62. The fourth-order valence-electron chi connectivity index (χ4n) is 1.38. The maximum absolute atomic E-state index is 10.7. The smallest absolute Gasteiger partial charge is 0.276 e. The summed E-state index contributed by atoms with van der Waals surface area (Å²) in [7, 11) is 0. The number of aliphatic hydroxyl groups excluding tert-OH is 1. The highest BCUT2D eigenvalue weighted by Gasteiger charge is 2.14. The molecule has 0 spiro atoms. The molecule has 0 aliphatic rings. The fraction of sp³-hybridized carbons (Fsp3) is 0.455. The zero-order chi connectivity index (χ0) is 12.3. The molecule has 88 valence electrons. The summed E-state index contributed by atoms with van der Waals surface area (Å²) in [6, 6.07) is 3.10. The highest BCUT2D eigenvalue weighted by atomic mass is 16.6. The number of rotatable bonds is 4. The van der Waals surface area contributed by atoms with Gasteiger partial charge in [-0.1, -0.05) is 0 Å². The van der Waals surface area contributed by atoms with Crippen molar-refractivity contribution in [1.29, 1.82) is 0 Å². The van der Waals surface area contributed by atoms with E-state index in [0.717, 1.165) is 5.56 Å². The molecule has 1 rings (SSSR count). The van der Waals surface area contributed by atoms with E-state index in [-0.39, 0.29) is 12.3 Å². The van der Waals surface area contributed by atoms with Gasteiger partial charge in [0.1, 0.15) is 12.4 Å². The van der Waals surface area contributed by atoms with Crippen molar-refractivity contribution in [2.24, 2.45) is 0 Å². The van der Waals surface area contributed by atoms with Crippen LogP contribution in [0.2, 0.25) is 0 Å². The van der Waals surface area contributed by atoms with Crippen molar-refractivity contribution >= 4 is 5.69 Å². The molecule has 0 unspecified atom stereocenters. The Balaban J connectivity index is 3.00. The molecule has 1 aromatic carbocycles. The number of ether oxygens (including phenoxy) is 1. The summed E-state index contributed by atoms with van der Waals surface area (Å²) in [6.07, 6.45) is -0.597. The normalized spacial score (nSPS) is 12.2. The fourth-order valence-corrected chi connectivity index (χ4v) is 1.38. The summed E-state index contributed by atoms with van der Waals surface area (Å²) < 4.78 is 5.29. The van der Waals surface area contributed by atoms with Crippen LogP contribution in [-0.4, -0.2) is 22.7 Å². The van der Waals surface area contributed by atoms with Gasteiger partial charge in [-0.3, -0.25) is 10.1 Å². The van der Waals surface area contributed by atoms with Crippen LogP contribution in [-0.2, 0) is 0 Å². The van der Waals surface area contributed by atoms with Crippen LogP contribution in [0.4, 0.5) is 5.69 Å². The molecule has 0 aliphatic heterocycles. The Bertz CT molecular complexity index is 401. The molecule has 1 N–H and O–H groups in total. The average Bonchev–Trinajstić information content (AvgIpc) is 2.15. The molecule has 0 amide bonds. The van der Waals surface area contributed by atoms with Crippen molar-refractivity contribution in [3.8, 4) is 5.75 Å². The number of aliphatic hydroxyl groups is 1. The highest BCUT2D eigenvalue weighted by Crippen LogP contribution is 2.28. The van der Waals surface area contributed by atoms with Gasteiger partial charge in [0.25, 0.3) is 5.69 Å². The van der Waals surface area contributed by atoms with Gasteiger partial charge in [0.15, 0.2) is 0 Å². The maximum atomic E-state index is 10.7. The quantitative estimate of drug-likeness (QED) is 0.628. The summed E-state index contributed by atoms with van der Waals surface area (Å²) >= 11 is 0. The molecule has 0 bridgehead atoms. The summed E-state index contributed by atoms with van der Waals surface area (Å²) in [5.74, 6) is 0.443. The van der Waals surface area contributed by atoms with E-state index < -0.39 is 11.0 Å². The molecule has 1 aromatic rings. The zero-order valence-corrected chi connectivity index (χ0v) is 9.56. The van der Waals surface area contributed by atoms with Crippen molar-refractivity contribution in [3.63, 3.8) is 0 Å². The van der Waals surface area contributed by atoms with Gasteiger partial charge in [0, 0.05) is 5.56 Å². The van der Waals surface area contributed by atoms with Crippen LogP contribution in [0.25, 0.3) is 0 Å². The molecule has 0 heterocycles. The van der Waals surface area contributed by atoms with E-state index >= 15 is 0 Å². The van der Waals surface area contributed by atoms with E-state index in [2.05, 4.69) is 0 Å². The Morgan fingerprint density at radius 3 is 2.56 bits per heavy atom. The minimum Gasteiger partial charge on any atom is -0.490 e. The monoisotopic (exact) mass is 225 g/mol. The van der Waals surface area contributed by atoms with E-state index in [1.165, 1.54) is 6.07 Å². The maximum Gasteiger partial charge on any atom is 0.276 e. The molecule has 0 radical (unpaired) electrons. The molecule has 16 heavy (non-hydrogen) atoms. The lowest BCUT2D eigenvalue weighted by atomic mass is 10.1. The van der Waals surface area contributed by atoms with E-state index in [9.17, 15) is 10.1 Å². The van der Waals surface area contributed by atoms with Crippen molar-refractivity contribution < 1.29 is 14.8 Å². The minimum absolute atomic E-state index is 0.0335. The minimum atomic E-state index is -0.597. The van der Waals surface area contributed by atoms with Crippen LogP contribution < -0.4 is 4.74 Å². The zero-order valence-electron chi connectivity index (χ0n) is 9.56. The lowest BCUT2D eigenvalue weighted by molar-refractivity contribution is -0.385. The first-order valence-electron chi connectivity index (χ1n) is 4.98. The third-order valence-electron chi connectivity index (χ3n) is 2.17. The van der Waals surface area contributed by atoms with Crippen LogP contribution >= 0.6 is 0 Å². The molecule has 1 atom stereocenters. The average molecular weight is 225 g/mol. The number of benzene rings is 1. The van der Waals surface area contributed by atoms with E-state index in [1.807, 2.05) is 6.92 Å². The Morgan fingerprint density at radius 2 is 2.06 bits per heavy atom. The van der Waals surface area contributed by atoms with Gasteiger partial charge in [-0.15, -0.1) is 0 Å². The number of hydrogen-bond donors (Lipinski definition) is 1. The number of hydrogen-bond acceptors (Lipinski definition) is 4. The first kappa shape index (κ1) is 12.4. The Kier molecular flexibility index (Phi) is 3.84. The molecular weight excluding hydrogens is 210 g/mol. The van der Waals surface area contributed by atoms with Gasteiger partial charge < -0.3 is 9.84 Å². The van der Waals surface area contributed by atoms with Crippen LogP contribution in [0.15, 0.2) is 12.1 Å². The van der Waals surface area contributed by atoms with Crippen LogP contribution in [0, 0.1) is 24.0 Å². The van der Waals surface area contributed by atoms with Crippen molar-refractivity contribution in [2.75, 3.05) is 6.61 Å². The van der Waals surface area contributed by atoms with E-state index in [1.54, 1.807) is 19.9 Å². The lowest BCUT2D eigenvalue weighted by Gasteiger charge is -2.11. The molecule has 0 saturated heterocycles. The van der Waals surface area contributed by atoms with Crippen LogP contribution in [0.1, 0.15) is 18.1 Å². The SMILES string of the molecule is Cc1cc(C)c([N+](=O)[O-])cc1OC[C@@H](C)O. The van der Waals surface area contributed by atoms with Crippen LogP contribution in [0.3, 0.4) is 0 Å². The largest absolute Gasteiger partial charge is 0.490 e. The van der Waals surface area contributed by atoms with Gasteiger partial charge in [0.2, 0.25) is 0 Å². The number of nitrogens with zero attached hydrogens (tertiary/aromatic N) is 1. The third kappa shape index (κ3) is 2.93. The van der Waals surface area contributed by atoms with Gasteiger partial charge in [-0.2, -0.15) is 0 Å². The number of nitro groups is 1. The molecule has 0 fully saturated rings. The van der Waals surface area contributed by atoms with E-state index in [4.69, 9.17) is 9.84 Å². The topological polar surface area (TPSA) is 72.6 Å². The van der Waals surface area contributed by atoms with Crippen molar-refractivity contribution in [2.45, 2.75) is 26.9 Å². The first-order valence-corrected chi connectivity index (χ1v) is 4.98. The number of nitro benzene ring substituents is 1. The predicted molar refractivity (Wildman–Crippen MR) is 59.7 cm³/mol. The first-order chi connectivity index (χ1) is 7.41. The van der Waals surface area contributed by atoms with E-state index in [0.29, 0.717) is 11.3 Å². The Morgan fingerprint density at radius 1 is 1.44 bits per heavy atom. The van der Waals surface area contributed by atoms with Crippen molar-refractivity contribution in [3.05, 3.63) is 33.4 Å². The molecule has 5 nitrogen and oxygen atoms in total. The molecule has 5 heteroatoms. The summed E-state index contributed by atoms with van der Waals surface area (Å²) in [4.78, 5) is 10.3. The predicted octanol–water partition coefficient (Wildman–Crippen LogP) is 1.97. The van der Waals surface area contributed by atoms with Gasteiger partial charge in [0.05, 0.1) is 17.1 Å². The van der Waals surface area contributed by atoms with Gasteiger partial charge in [-0.05, 0) is 32.4 Å². The molecule has 0 aromatic heterocycles. The molecule has 0 aliphatic carbocycles. The second-order valence-corrected chi connectivity index (χ2v) is 3.82. The molecule has 0 saturated carbocycles. The number of aryl methyl sites for hydroxylation is 2. The van der Waals surface area contributed by atoms with Gasteiger partial charge >= 0.3 is 0 Å². The summed E-state index contributed by atoms with van der Waals surface area (Å²) in [5, 5.41) is 19.8. The van der Waals surface area contributed by atoms with Gasteiger partial charge in [-0.25, -0.2) is 0 Å². The third-order valence-corrected chi connectivity index (χ3v) is 2.17. The molecular formula is C11H15NO4. The highest BCUT2D eigenvalue weighted by molar-refractivity contribution is 5.49. The summed E-state index contributed by atoms with van der Waals surface area (Å²) in [6.45, 7) is 5.22. The Labute approximate surface area is 93.8 Å². The van der Waals surface area contributed by atoms with Crippen molar-refractivity contribution in [1.82, 2.24) is 0 Å². The second kappa shape index (κ2) is 4.94.